The van der Waals surface area contributed by atoms with Crippen molar-refractivity contribution in [1.29, 1.82) is 0 Å². The van der Waals surface area contributed by atoms with Gasteiger partial charge in [0.25, 0.3) is 0 Å². The minimum atomic E-state index is 1.25. The van der Waals surface area contributed by atoms with Crippen molar-refractivity contribution in [1.82, 2.24) is 0 Å². The molecule has 0 saturated heterocycles. The van der Waals surface area contributed by atoms with Gasteiger partial charge in [0.2, 0.25) is 0 Å². The number of alkyl halides is 1. The Bertz CT molecular complexity index is 17.0. The molecule has 0 aromatic rings. The number of rotatable bonds is 1. The van der Waals surface area contributed by atoms with Gasteiger partial charge in [0.1, 0.15) is 0 Å². The first-order valence-electron chi connectivity index (χ1n) is 5.12. The van der Waals surface area contributed by atoms with Crippen molar-refractivity contribution in [2.75, 3.05) is 5.83 Å². The summed E-state index contributed by atoms with van der Waals surface area (Å²) in [5, 5.41) is 0. The molecule has 1 heteroatoms. The number of hydrogen-bond acceptors (Lipinski definition) is 0. The van der Waals surface area contributed by atoms with E-state index in [9.17, 15) is 0 Å². The molecular weight excluding hydrogens is 212 g/mol. The summed E-state index contributed by atoms with van der Waals surface area (Å²) in [5.74, 6) is 1.81. The van der Waals surface area contributed by atoms with Gasteiger partial charge in [0.15, 0.2) is 0 Å². The van der Waals surface area contributed by atoms with E-state index in [0.29, 0.717) is 0 Å². The summed E-state index contributed by atoms with van der Waals surface area (Å²) in [5.41, 5.74) is 0. The summed E-state index contributed by atoms with van der Waals surface area (Å²) >= 11 is 2.94. The molecule has 80 valence electrons. The lowest BCUT2D eigenvalue weighted by Gasteiger charge is -1.68. The smallest absolute Gasteiger partial charge is 0.00848 e. The second-order valence-corrected chi connectivity index (χ2v) is 2.41. The van der Waals surface area contributed by atoms with Crippen LogP contribution in [0, 0.1) is 0 Å². The topological polar surface area (TPSA) is 0 Å². The Morgan fingerprint density at radius 3 is 0.667 bits per heavy atom. The van der Waals surface area contributed by atoms with E-state index < -0.39 is 0 Å². The van der Waals surface area contributed by atoms with Gasteiger partial charge < -0.3 is 0 Å². The van der Waals surface area contributed by atoms with E-state index in [4.69, 9.17) is 0 Å². The highest BCUT2D eigenvalue weighted by Gasteiger charge is 1.56. The SMILES string of the molecule is CBr.CCC.CCC.CCCC. The minimum absolute atomic E-state index is 1.25. The lowest BCUT2D eigenvalue weighted by atomic mass is 10.4. The van der Waals surface area contributed by atoms with E-state index in [1.807, 2.05) is 5.83 Å². The Labute approximate surface area is 89.3 Å². The number of unbranched alkanes of at least 4 members (excludes halogenated alkanes) is 1. The maximum Gasteiger partial charge on any atom is -0.00848 e. The van der Waals surface area contributed by atoms with Gasteiger partial charge in [0.05, 0.1) is 0 Å². The summed E-state index contributed by atoms with van der Waals surface area (Å²) in [7, 11) is 0. The average molecular weight is 241 g/mol. The van der Waals surface area contributed by atoms with Crippen LogP contribution >= 0.6 is 15.9 Å². The summed E-state index contributed by atoms with van der Waals surface area (Å²) in [6.07, 6.45) is 5.14. The van der Waals surface area contributed by atoms with Crippen LogP contribution in [-0.2, 0) is 0 Å². The lowest BCUT2D eigenvalue weighted by molar-refractivity contribution is 0.886. The predicted octanol–water partition coefficient (Wildman–Crippen LogP) is 5.65. The molecule has 0 bridgehead atoms. The van der Waals surface area contributed by atoms with Gasteiger partial charge in [-0.3, -0.25) is 0 Å². The number of hydrogen-bond donors (Lipinski definition) is 0. The lowest BCUT2D eigenvalue weighted by Crippen LogP contribution is -1.47. The van der Waals surface area contributed by atoms with Crippen molar-refractivity contribution in [3.05, 3.63) is 0 Å². The Hall–Kier alpha value is 0.480. The van der Waals surface area contributed by atoms with Crippen molar-refractivity contribution in [3.63, 3.8) is 0 Å². The van der Waals surface area contributed by atoms with E-state index in [2.05, 4.69) is 57.5 Å². The molecule has 12 heavy (non-hydrogen) atoms. The molecule has 0 aliphatic rings. The van der Waals surface area contributed by atoms with Gasteiger partial charge in [-0.15, -0.1) is 0 Å². The highest BCUT2D eigenvalue weighted by molar-refractivity contribution is 9.08. The number of halogens is 1. The molecule has 0 rings (SSSR count). The van der Waals surface area contributed by atoms with Crippen LogP contribution in [-0.4, -0.2) is 5.83 Å². The fourth-order valence-corrected chi connectivity index (χ4v) is 0. The van der Waals surface area contributed by atoms with E-state index in [-0.39, 0.29) is 0 Å². The molecule has 0 spiro atoms. The molecule has 0 aliphatic heterocycles. The highest BCUT2D eigenvalue weighted by atomic mass is 79.9. The molecule has 0 saturated carbocycles. The molecule has 0 fully saturated rings. The zero-order valence-corrected chi connectivity index (χ0v) is 11.8. The molecule has 0 radical (unpaired) electrons. The first-order valence-corrected chi connectivity index (χ1v) is 6.71. The van der Waals surface area contributed by atoms with Crippen molar-refractivity contribution < 1.29 is 0 Å². The van der Waals surface area contributed by atoms with Gasteiger partial charge in [0, 0.05) is 0 Å². The quantitative estimate of drug-likeness (QED) is 0.520. The minimum Gasteiger partial charge on any atom is -0.0966 e. The molecule has 0 aliphatic carbocycles. The van der Waals surface area contributed by atoms with Crippen LogP contribution in [0.15, 0.2) is 0 Å². The third kappa shape index (κ3) is 430. The van der Waals surface area contributed by atoms with Crippen LogP contribution in [0.3, 0.4) is 0 Å². The molecule has 0 heterocycles. The predicted molar refractivity (Wildman–Crippen MR) is 67.4 cm³/mol. The standard InChI is InChI=1S/C4H10.2C3H8.CH3Br/c1-3-4-2;2*1-3-2;1-2/h3-4H2,1-2H3;2*3H2,1-2H3;1H3. The Balaban J connectivity index is -0.0000000368. The zero-order chi connectivity index (χ0) is 10.8. The van der Waals surface area contributed by atoms with E-state index in [1.54, 1.807) is 0 Å². The Morgan fingerprint density at radius 2 is 0.667 bits per heavy atom. The van der Waals surface area contributed by atoms with E-state index in [1.165, 1.54) is 25.7 Å². The molecule has 0 N–H and O–H groups in total. The van der Waals surface area contributed by atoms with Crippen LogP contribution in [0.2, 0.25) is 0 Å². The first-order chi connectivity index (χ1) is 5.74. The fourth-order valence-electron chi connectivity index (χ4n) is 0. The van der Waals surface area contributed by atoms with Crippen molar-refractivity contribution in [2.24, 2.45) is 0 Å². The van der Waals surface area contributed by atoms with Gasteiger partial charge in [-0.25, -0.2) is 0 Å². The van der Waals surface area contributed by atoms with Crippen LogP contribution in [0.5, 0.6) is 0 Å². The van der Waals surface area contributed by atoms with Gasteiger partial charge in [-0.2, -0.15) is 0 Å². The van der Waals surface area contributed by atoms with Gasteiger partial charge in [-0.05, 0) is 5.83 Å². The molecule has 0 unspecified atom stereocenters. The van der Waals surface area contributed by atoms with Crippen LogP contribution < -0.4 is 0 Å². The van der Waals surface area contributed by atoms with Crippen LogP contribution in [0.1, 0.15) is 67.2 Å². The molecule has 0 amide bonds. The van der Waals surface area contributed by atoms with E-state index in [0.717, 1.165) is 0 Å². The third-order valence-electron chi connectivity index (χ3n) is 0.500. The maximum atomic E-state index is 2.94. The average Bonchev–Trinajstić information content (AvgIpc) is 2.10. The van der Waals surface area contributed by atoms with Gasteiger partial charge in [-0.1, -0.05) is 83.2 Å². The summed E-state index contributed by atoms with van der Waals surface area (Å²) in [4.78, 5) is 0. The van der Waals surface area contributed by atoms with Crippen molar-refractivity contribution in [3.8, 4) is 0 Å². The summed E-state index contributed by atoms with van der Waals surface area (Å²) in [6.45, 7) is 12.9. The molecule has 0 aromatic carbocycles. The van der Waals surface area contributed by atoms with Crippen molar-refractivity contribution in [2.45, 2.75) is 67.2 Å². The molecule has 0 nitrogen and oxygen atoms in total. The van der Waals surface area contributed by atoms with Gasteiger partial charge >= 0.3 is 0 Å². The zero-order valence-electron chi connectivity index (χ0n) is 10.2. The summed E-state index contributed by atoms with van der Waals surface area (Å²) in [6, 6.07) is 0. The second-order valence-electron chi connectivity index (χ2n) is 2.41. The molecule has 0 atom stereocenters. The molecular formula is C11H29Br. The van der Waals surface area contributed by atoms with Crippen molar-refractivity contribution >= 4 is 15.9 Å². The largest absolute Gasteiger partial charge is 0.0966 e. The first kappa shape index (κ1) is 22.9. The monoisotopic (exact) mass is 240 g/mol. The third-order valence-corrected chi connectivity index (χ3v) is 0.500. The summed E-state index contributed by atoms with van der Waals surface area (Å²) < 4.78 is 0. The second kappa shape index (κ2) is 62.8. The molecule has 0 aromatic heterocycles. The van der Waals surface area contributed by atoms with Crippen LogP contribution in [0.25, 0.3) is 0 Å². The Morgan fingerprint density at radius 1 is 0.583 bits per heavy atom. The maximum absolute atomic E-state index is 2.94. The Kier molecular flexibility index (Phi) is 120. The highest BCUT2D eigenvalue weighted by Crippen LogP contribution is 1.76. The van der Waals surface area contributed by atoms with E-state index >= 15 is 0 Å². The fraction of sp³-hybridized carbons (Fsp3) is 1.00. The normalized spacial score (nSPS) is 6.00. The van der Waals surface area contributed by atoms with Crippen LogP contribution in [0.4, 0.5) is 0 Å².